The summed E-state index contributed by atoms with van der Waals surface area (Å²) in [4.78, 5) is 28.0. The Labute approximate surface area is 303 Å². The number of carbonyl (C=O) groups excluding carboxylic acids is 2. The summed E-state index contributed by atoms with van der Waals surface area (Å²) in [5, 5.41) is 5.25. The van der Waals surface area contributed by atoms with Crippen LogP contribution in [0.1, 0.15) is 64.9 Å². The Morgan fingerprint density at radius 1 is 0.769 bits per heavy atom. The first-order chi connectivity index (χ1) is 24.1. The lowest BCUT2D eigenvalue weighted by atomic mass is 9.49. The Hall–Kier alpha value is -3.49. The lowest BCUT2D eigenvalue weighted by molar-refractivity contribution is -0.332. The van der Waals surface area contributed by atoms with Gasteiger partial charge in [0.2, 0.25) is 0 Å². The van der Waals surface area contributed by atoms with E-state index in [1.807, 2.05) is 0 Å². The maximum absolute atomic E-state index is 13.9. The molecule has 4 bridgehead atoms. The van der Waals surface area contributed by atoms with Crippen LogP contribution in [-0.4, -0.2) is 42.4 Å². The molecule has 4 saturated carbocycles. The van der Waals surface area contributed by atoms with E-state index in [1.54, 1.807) is 0 Å². The third-order valence-electron chi connectivity index (χ3n) is 10.2. The fourth-order valence-electron chi connectivity index (χ4n) is 8.16. The molecule has 0 aromatic heterocycles. The Morgan fingerprint density at radius 3 is 1.52 bits per heavy atom. The van der Waals surface area contributed by atoms with Crippen LogP contribution in [0.25, 0.3) is 0 Å². The van der Waals surface area contributed by atoms with Crippen LogP contribution < -0.4 is 5.11 Å². The molecule has 0 aliphatic heterocycles. The molecule has 7 rings (SSSR count). The molecule has 7 nitrogen and oxygen atoms in total. The lowest BCUT2D eigenvalue weighted by Crippen LogP contribution is -2.59. The highest BCUT2D eigenvalue weighted by atomic mass is 32.2. The molecule has 2 unspecified atom stereocenters. The second-order valence-electron chi connectivity index (χ2n) is 15.1. The van der Waals surface area contributed by atoms with Gasteiger partial charge in [-0.25, -0.2) is 0 Å². The topological polar surface area (TPSA) is 121 Å². The molecule has 0 amide bonds. The highest BCUT2D eigenvalue weighted by molar-refractivity contribution is 7.97. The van der Waals surface area contributed by atoms with Crippen molar-refractivity contribution in [1.82, 2.24) is 0 Å². The molecule has 52 heavy (non-hydrogen) atoms. The number of benzene rings is 3. The third-order valence-corrected chi connectivity index (χ3v) is 13.4. The number of rotatable bonds is 9. The fourth-order valence-corrected chi connectivity index (χ4v) is 10.8. The zero-order chi connectivity index (χ0) is 38.3. The summed E-state index contributed by atoms with van der Waals surface area (Å²) >= 11 is 0. The van der Waals surface area contributed by atoms with Crippen LogP contribution in [-0.2, 0) is 40.8 Å². The van der Waals surface area contributed by atoms with Gasteiger partial charge in [-0.2, -0.15) is 30.4 Å². The number of alkyl halides is 5. The fraction of sp³-hybridized carbons (Fsp3) is 0.474. The van der Waals surface area contributed by atoms with Crippen LogP contribution in [0.15, 0.2) is 99.6 Å². The second-order valence-corrected chi connectivity index (χ2v) is 18.6. The van der Waals surface area contributed by atoms with Crippen LogP contribution in [0.4, 0.5) is 22.0 Å². The zero-order valence-corrected chi connectivity index (χ0v) is 30.4. The van der Waals surface area contributed by atoms with Crippen LogP contribution in [0.5, 0.6) is 0 Å². The minimum atomic E-state index is -6.68. The molecule has 3 aromatic carbocycles. The number of ether oxygens (including phenoxy) is 1. The van der Waals surface area contributed by atoms with Crippen molar-refractivity contribution >= 4 is 33.0 Å². The molecular weight excluding hydrogens is 728 g/mol. The lowest BCUT2D eigenvalue weighted by Gasteiger charge is -2.55. The first-order valence-electron chi connectivity index (χ1n) is 16.9. The molecule has 4 aliphatic rings. The van der Waals surface area contributed by atoms with E-state index < -0.39 is 50.9 Å². The van der Waals surface area contributed by atoms with E-state index >= 15 is 0 Å². The molecule has 4 fully saturated rings. The van der Waals surface area contributed by atoms with E-state index in [2.05, 4.69) is 110 Å². The van der Waals surface area contributed by atoms with E-state index in [-0.39, 0.29) is 53.3 Å². The first kappa shape index (κ1) is 39.7. The third kappa shape index (κ3) is 8.49. The Morgan fingerprint density at radius 2 is 1.17 bits per heavy atom. The van der Waals surface area contributed by atoms with Crippen LogP contribution in [0, 0.1) is 29.1 Å². The predicted octanol–water partition coefficient (Wildman–Crippen LogP) is 7.60. The van der Waals surface area contributed by atoms with Gasteiger partial charge in [-0.15, -0.1) is 0 Å². The zero-order valence-electron chi connectivity index (χ0n) is 28.8. The Balaban J connectivity index is 0.000000206. The molecule has 3 aromatic rings. The quantitative estimate of drug-likeness (QED) is 0.103. The summed E-state index contributed by atoms with van der Waals surface area (Å²) < 4.78 is 102. The molecular formula is C38H41F5O7S2. The van der Waals surface area contributed by atoms with E-state index in [0.29, 0.717) is 0 Å². The number of carboxylic acids is 1. The number of hydrogen-bond acceptors (Lipinski definition) is 6. The normalized spacial score (nSPS) is 24.1. The minimum Gasteiger partial charge on any atom is -0.546 e. The van der Waals surface area contributed by atoms with Gasteiger partial charge in [0.1, 0.15) is 0 Å². The number of halogens is 5. The van der Waals surface area contributed by atoms with Gasteiger partial charge in [0.25, 0.3) is 0 Å². The van der Waals surface area contributed by atoms with E-state index in [9.17, 15) is 45.1 Å². The summed E-state index contributed by atoms with van der Waals surface area (Å²) in [6.45, 7) is 6.78. The van der Waals surface area contributed by atoms with Gasteiger partial charge in [-0.3, -0.25) is 9.35 Å². The maximum Gasteiger partial charge on any atom is 0.402 e. The highest BCUT2D eigenvalue weighted by Crippen LogP contribution is 2.60. The SMILES string of the molecule is CC(C)(C)c1ccc([S+](c2ccccc2)c2ccccc2)cc1.O=C([O-])C(OC(=O)C12CC3CC(CC(C3)C1)C2)C(C(F)(F)F)C(F)(F)S(=O)(=O)O. The number of hydrogen-bond donors (Lipinski definition) is 1. The van der Waals surface area contributed by atoms with Crippen molar-refractivity contribution < 1.29 is 54.4 Å². The van der Waals surface area contributed by atoms with Crippen molar-refractivity contribution in [1.29, 1.82) is 0 Å². The number of carbonyl (C=O) groups is 2. The van der Waals surface area contributed by atoms with Gasteiger partial charge in [0.15, 0.2) is 26.7 Å². The van der Waals surface area contributed by atoms with Gasteiger partial charge in [0.05, 0.1) is 22.3 Å². The summed E-state index contributed by atoms with van der Waals surface area (Å²) in [7, 11) is -6.73. The number of carboxylic acid groups (broad SMARTS) is 1. The molecule has 1 N–H and O–H groups in total. The monoisotopic (exact) mass is 768 g/mol. The van der Waals surface area contributed by atoms with E-state index in [1.165, 1.54) is 20.2 Å². The van der Waals surface area contributed by atoms with E-state index in [4.69, 9.17) is 4.55 Å². The molecule has 0 heterocycles. The molecule has 0 saturated heterocycles. The van der Waals surface area contributed by atoms with Crippen molar-refractivity contribution in [3.05, 3.63) is 90.5 Å². The summed E-state index contributed by atoms with van der Waals surface area (Å²) in [6.07, 6.45) is -6.61. The van der Waals surface area contributed by atoms with Crippen LogP contribution in [0.2, 0.25) is 0 Å². The minimum absolute atomic E-state index is 0.0497. The summed E-state index contributed by atoms with van der Waals surface area (Å²) in [5.74, 6) is -8.44. The van der Waals surface area contributed by atoms with Crippen molar-refractivity contribution in [3.63, 3.8) is 0 Å². The molecule has 14 heteroatoms. The highest BCUT2D eigenvalue weighted by Gasteiger charge is 2.68. The second kappa shape index (κ2) is 14.7. The molecule has 282 valence electrons. The van der Waals surface area contributed by atoms with Crippen LogP contribution >= 0.6 is 0 Å². The first-order valence-corrected chi connectivity index (χ1v) is 19.6. The molecule has 0 spiro atoms. The summed E-state index contributed by atoms with van der Waals surface area (Å²) in [5.41, 5.74) is 0.286. The number of aliphatic carboxylic acids is 1. The largest absolute Gasteiger partial charge is 0.546 e. The Bertz CT molecular complexity index is 1750. The average molecular weight is 769 g/mol. The van der Waals surface area contributed by atoms with Gasteiger partial charge in [-0.05, 0) is 104 Å². The smallest absolute Gasteiger partial charge is 0.402 e. The Kier molecular flexibility index (Phi) is 11.3. The van der Waals surface area contributed by atoms with Gasteiger partial charge in [0, 0.05) is 0 Å². The standard InChI is InChI=1S/C22H23S.C16H19F5O7S/c1-22(2,3)18-14-16-21(17-15-18)23(19-10-6-4-7-11-19)20-12-8-5-9-13-20;17-15(18,19)11(16(20,21)29(25,26)27)10(12(22)23)28-13(24)14-4-7-1-8(5-14)3-9(2-7)6-14/h4-17H,1-3H3;7-11H,1-6H2,(H,22,23)(H,25,26,27)/q+1;/p-1. The van der Waals surface area contributed by atoms with Crippen molar-refractivity contribution in [2.24, 2.45) is 29.1 Å². The van der Waals surface area contributed by atoms with Gasteiger partial charge in [-0.1, -0.05) is 69.3 Å². The predicted molar refractivity (Wildman–Crippen MR) is 182 cm³/mol. The molecule has 4 aliphatic carbocycles. The average Bonchev–Trinajstić information content (AvgIpc) is 3.04. The maximum atomic E-state index is 13.9. The molecule has 0 radical (unpaired) electrons. The van der Waals surface area contributed by atoms with Crippen molar-refractivity contribution in [2.45, 2.75) is 96.9 Å². The molecule has 2 atom stereocenters. The summed E-state index contributed by atoms with van der Waals surface area (Å²) in [6, 6.07) is 30.7. The van der Waals surface area contributed by atoms with Crippen LogP contribution in [0.3, 0.4) is 0 Å². The van der Waals surface area contributed by atoms with E-state index in [0.717, 1.165) is 19.3 Å². The van der Waals surface area contributed by atoms with Gasteiger partial charge >= 0.3 is 27.5 Å². The van der Waals surface area contributed by atoms with Crippen molar-refractivity contribution in [3.8, 4) is 0 Å². The van der Waals surface area contributed by atoms with Gasteiger partial charge < -0.3 is 14.6 Å². The van der Waals surface area contributed by atoms with Crippen molar-refractivity contribution in [2.75, 3.05) is 0 Å². The number of esters is 1.